The van der Waals surface area contributed by atoms with Gasteiger partial charge in [-0.15, -0.1) is 0 Å². The molecule has 13 nitrogen and oxygen atoms in total. The third-order valence-corrected chi connectivity index (χ3v) is 10.5. The van der Waals surface area contributed by atoms with Gasteiger partial charge in [0.25, 0.3) is 5.91 Å². The van der Waals surface area contributed by atoms with E-state index in [-0.39, 0.29) is 49.1 Å². The average Bonchev–Trinajstić information content (AvgIpc) is 3.73. The molecule has 0 bridgehead atoms. The van der Waals surface area contributed by atoms with E-state index in [1.807, 2.05) is 46.1 Å². The van der Waals surface area contributed by atoms with Crippen molar-refractivity contribution in [1.29, 1.82) is 0 Å². The fraction of sp³-hybridized carbons (Fsp3) is 0.389. The number of nitrogens with zero attached hydrogens (tertiary/aromatic N) is 7. The number of hydrogen-bond acceptors (Lipinski definition) is 8. The van der Waals surface area contributed by atoms with Gasteiger partial charge < -0.3 is 14.7 Å². The molecule has 1 unspecified atom stereocenters. The summed E-state index contributed by atoms with van der Waals surface area (Å²) in [6, 6.07) is 10.8. The topological polar surface area (TPSA) is 151 Å². The van der Waals surface area contributed by atoms with Crippen LogP contribution in [0.15, 0.2) is 59.5 Å². The third-order valence-electron chi connectivity index (χ3n) is 9.83. The van der Waals surface area contributed by atoms with Crippen molar-refractivity contribution in [2.45, 2.75) is 70.1 Å². The van der Waals surface area contributed by atoms with Gasteiger partial charge in [0, 0.05) is 74.3 Å². The van der Waals surface area contributed by atoms with Gasteiger partial charge in [0.15, 0.2) is 0 Å². The van der Waals surface area contributed by atoms with Gasteiger partial charge in [-0.1, -0.05) is 18.2 Å². The van der Waals surface area contributed by atoms with E-state index in [9.17, 15) is 24.0 Å². The maximum absolute atomic E-state index is 13.0. The van der Waals surface area contributed by atoms with Crippen LogP contribution in [0, 0.1) is 0 Å². The number of hydrogen-bond donors (Lipinski definition) is 1. The van der Waals surface area contributed by atoms with Crippen LogP contribution in [0.25, 0.3) is 22.3 Å². The number of carbonyl (C=O) groups excluding carboxylic acids is 5. The Labute approximate surface area is 297 Å². The van der Waals surface area contributed by atoms with Crippen LogP contribution in [0.4, 0.5) is 0 Å². The van der Waals surface area contributed by atoms with E-state index in [2.05, 4.69) is 31.3 Å². The molecule has 14 heteroatoms. The van der Waals surface area contributed by atoms with Crippen LogP contribution in [0.2, 0.25) is 0 Å². The largest absolute Gasteiger partial charge is 0.343 e. The van der Waals surface area contributed by atoms with Crippen LogP contribution in [0.1, 0.15) is 72.5 Å². The molecule has 2 fully saturated rings. The maximum Gasteiger partial charge on any atom is 0.255 e. The van der Waals surface area contributed by atoms with Gasteiger partial charge in [-0.05, 0) is 70.9 Å². The summed E-state index contributed by atoms with van der Waals surface area (Å²) in [4.78, 5) is 77.1. The monoisotopic (exact) mass is 740 g/mol. The lowest BCUT2D eigenvalue weighted by atomic mass is 10.0. The fourth-order valence-corrected chi connectivity index (χ4v) is 7.46. The van der Waals surface area contributed by atoms with Crippen molar-refractivity contribution in [2.24, 2.45) is 0 Å². The Bertz CT molecular complexity index is 2010. The van der Waals surface area contributed by atoms with E-state index in [1.54, 1.807) is 30.4 Å². The average molecular weight is 742 g/mol. The van der Waals surface area contributed by atoms with Crippen molar-refractivity contribution < 1.29 is 24.0 Å². The number of fused-ring (bicyclic) bond motifs is 2. The Hall–Kier alpha value is -4.98. The Morgan fingerprint density at radius 1 is 1.04 bits per heavy atom. The molecule has 0 saturated carbocycles. The SMILES string of the molecule is CN(Cc1ccc2c(c1)CN(C1CCC(=O)NC1=O)C2=O)C(=O)CCCC(=O)N1CCC(n2cc(-c3cnc4cccc(Br)c4n3)cn2)CC1. The van der Waals surface area contributed by atoms with E-state index in [1.165, 1.54) is 4.90 Å². The molecule has 7 rings (SSSR count). The van der Waals surface area contributed by atoms with E-state index in [4.69, 9.17) is 4.98 Å². The van der Waals surface area contributed by atoms with Crippen molar-refractivity contribution in [1.82, 2.24) is 39.8 Å². The number of aromatic nitrogens is 4. The predicted molar refractivity (Wildman–Crippen MR) is 186 cm³/mol. The van der Waals surface area contributed by atoms with Gasteiger partial charge in [0.1, 0.15) is 11.6 Å². The number of halogens is 1. The molecule has 1 N–H and O–H groups in total. The highest BCUT2D eigenvalue weighted by molar-refractivity contribution is 9.10. The first kappa shape index (κ1) is 33.5. The number of piperidine rings is 2. The van der Waals surface area contributed by atoms with E-state index < -0.39 is 11.9 Å². The number of rotatable bonds is 9. The van der Waals surface area contributed by atoms with Gasteiger partial charge in [0.05, 0.1) is 29.6 Å². The van der Waals surface area contributed by atoms with E-state index in [0.29, 0.717) is 44.5 Å². The zero-order valence-corrected chi connectivity index (χ0v) is 29.3. The molecule has 2 aromatic carbocycles. The van der Waals surface area contributed by atoms with Crippen LogP contribution in [-0.4, -0.2) is 90.2 Å². The summed E-state index contributed by atoms with van der Waals surface area (Å²) in [7, 11) is 1.73. The minimum atomic E-state index is -0.667. The number of likely N-dealkylation sites (tertiary alicyclic amines) is 1. The quantitative estimate of drug-likeness (QED) is 0.253. The number of benzene rings is 2. The molecule has 3 aliphatic rings. The lowest BCUT2D eigenvalue weighted by molar-refractivity contribution is -0.137. The summed E-state index contributed by atoms with van der Waals surface area (Å²) in [5.41, 5.74) is 5.48. The van der Waals surface area contributed by atoms with Gasteiger partial charge in [0.2, 0.25) is 23.6 Å². The van der Waals surface area contributed by atoms with E-state index in [0.717, 1.165) is 50.7 Å². The number of para-hydroxylation sites is 1. The minimum Gasteiger partial charge on any atom is -0.343 e. The maximum atomic E-state index is 13.0. The van der Waals surface area contributed by atoms with Gasteiger partial charge in [-0.25, -0.2) is 4.98 Å². The molecule has 0 spiro atoms. The van der Waals surface area contributed by atoms with Gasteiger partial charge in [-0.3, -0.25) is 39.0 Å². The Kier molecular flexibility index (Phi) is 9.45. The Balaban J connectivity index is 0.852. The molecule has 0 aliphatic carbocycles. The molecular formula is C36H37BrN8O5. The second-order valence-electron chi connectivity index (χ2n) is 13.2. The van der Waals surface area contributed by atoms with Crippen molar-refractivity contribution in [3.05, 3.63) is 76.2 Å². The third kappa shape index (κ3) is 6.89. The van der Waals surface area contributed by atoms with Crippen LogP contribution in [-0.2, 0) is 32.3 Å². The van der Waals surface area contributed by atoms with Crippen LogP contribution >= 0.6 is 15.9 Å². The second kappa shape index (κ2) is 14.1. The lowest BCUT2D eigenvalue weighted by Gasteiger charge is -2.32. The highest BCUT2D eigenvalue weighted by Crippen LogP contribution is 2.30. The Morgan fingerprint density at radius 3 is 2.66 bits per heavy atom. The predicted octanol–water partition coefficient (Wildman–Crippen LogP) is 4.01. The van der Waals surface area contributed by atoms with Crippen LogP contribution < -0.4 is 5.32 Å². The number of imide groups is 1. The second-order valence-corrected chi connectivity index (χ2v) is 14.0. The lowest BCUT2D eigenvalue weighted by Crippen LogP contribution is -2.52. The van der Waals surface area contributed by atoms with Crippen molar-refractivity contribution in [3.8, 4) is 11.3 Å². The molecule has 1 atom stereocenters. The standard InChI is InChI=1S/C36H37BrN8O5/c1-42(19-22-8-9-26-23(16-22)20-44(36(26)50)30-10-11-31(46)41-35(30)49)32(47)6-3-7-33(48)43-14-12-25(13-15-43)45-21-24(17-39-45)29-18-38-28-5-2-4-27(37)34(28)40-29/h2,4-5,8-9,16-18,21,25,30H,3,6-7,10-15,19-20H2,1H3,(H,41,46,49). The van der Waals surface area contributed by atoms with E-state index >= 15 is 0 Å². The first-order chi connectivity index (χ1) is 24.1. The van der Waals surface area contributed by atoms with Crippen LogP contribution in [0.3, 0.4) is 0 Å². The van der Waals surface area contributed by atoms with Crippen LogP contribution in [0.5, 0.6) is 0 Å². The van der Waals surface area contributed by atoms with Gasteiger partial charge in [-0.2, -0.15) is 5.10 Å². The highest BCUT2D eigenvalue weighted by Gasteiger charge is 2.39. The summed E-state index contributed by atoms with van der Waals surface area (Å²) in [6.07, 6.45) is 8.69. The minimum absolute atomic E-state index is 0.0564. The first-order valence-corrected chi connectivity index (χ1v) is 17.7. The van der Waals surface area contributed by atoms with Crippen molar-refractivity contribution in [3.63, 3.8) is 0 Å². The highest BCUT2D eigenvalue weighted by atomic mass is 79.9. The normalized spacial score (nSPS) is 18.0. The summed E-state index contributed by atoms with van der Waals surface area (Å²) in [5.74, 6) is -0.992. The molecule has 0 radical (unpaired) electrons. The summed E-state index contributed by atoms with van der Waals surface area (Å²) in [6.45, 7) is 1.92. The molecule has 50 heavy (non-hydrogen) atoms. The van der Waals surface area contributed by atoms with Crippen molar-refractivity contribution >= 4 is 56.5 Å². The molecular weight excluding hydrogens is 704 g/mol. The molecule has 5 heterocycles. The first-order valence-electron chi connectivity index (χ1n) is 16.9. The number of amides is 5. The fourth-order valence-electron chi connectivity index (χ4n) is 7.02. The molecule has 4 aromatic rings. The number of carbonyl (C=O) groups is 5. The smallest absolute Gasteiger partial charge is 0.255 e. The zero-order chi connectivity index (χ0) is 34.9. The molecule has 5 amide bonds. The molecule has 2 saturated heterocycles. The Morgan fingerprint density at radius 2 is 1.86 bits per heavy atom. The molecule has 2 aromatic heterocycles. The van der Waals surface area contributed by atoms with Crippen molar-refractivity contribution in [2.75, 3.05) is 20.1 Å². The summed E-state index contributed by atoms with van der Waals surface area (Å²) >= 11 is 3.55. The summed E-state index contributed by atoms with van der Waals surface area (Å²) < 4.78 is 2.85. The molecule has 3 aliphatic heterocycles. The zero-order valence-electron chi connectivity index (χ0n) is 27.7. The molecule has 258 valence electrons. The number of nitrogens with one attached hydrogen (secondary N) is 1. The summed E-state index contributed by atoms with van der Waals surface area (Å²) in [5, 5.41) is 6.92. The van der Waals surface area contributed by atoms with Gasteiger partial charge >= 0.3 is 0 Å².